The smallest absolute Gasteiger partial charge is 0.219 e. The average molecular weight is 325 g/mol. The van der Waals surface area contributed by atoms with Gasteiger partial charge >= 0.3 is 0 Å². The van der Waals surface area contributed by atoms with Crippen LogP contribution < -0.4 is 4.90 Å². The summed E-state index contributed by atoms with van der Waals surface area (Å²) in [5.74, 6) is 3.43. The lowest BCUT2D eigenvalue weighted by atomic mass is 9.97. The first-order valence-electron chi connectivity index (χ1n) is 8.50. The third kappa shape index (κ3) is 2.24. The normalized spacial score (nSPS) is 19.3. The first-order chi connectivity index (χ1) is 11.8. The van der Waals surface area contributed by atoms with Gasteiger partial charge < -0.3 is 13.9 Å². The van der Waals surface area contributed by atoms with Crippen LogP contribution in [0.3, 0.4) is 0 Å². The molecule has 0 unspecified atom stereocenters. The van der Waals surface area contributed by atoms with Gasteiger partial charge in [0.1, 0.15) is 6.33 Å². The summed E-state index contributed by atoms with van der Waals surface area (Å²) in [5, 5.41) is 8.49. The number of piperidine rings is 1. The molecule has 5 rings (SSSR count). The molecule has 1 aliphatic carbocycles. The Labute approximate surface area is 138 Å². The van der Waals surface area contributed by atoms with Crippen LogP contribution in [0.15, 0.2) is 17.1 Å². The summed E-state index contributed by atoms with van der Waals surface area (Å²) in [4.78, 5) is 15.5. The first kappa shape index (κ1) is 13.9. The maximum Gasteiger partial charge on any atom is 0.219 e. The number of fused-ring (bicyclic) bond motifs is 1. The van der Waals surface area contributed by atoms with Crippen molar-refractivity contribution in [1.29, 1.82) is 0 Å². The van der Waals surface area contributed by atoms with E-state index in [1.54, 1.807) is 12.7 Å². The molecule has 0 radical (unpaired) electrons. The van der Waals surface area contributed by atoms with E-state index in [0.29, 0.717) is 11.8 Å². The second-order valence-electron chi connectivity index (χ2n) is 6.74. The third-order valence-corrected chi connectivity index (χ3v) is 5.00. The van der Waals surface area contributed by atoms with Gasteiger partial charge in [0.2, 0.25) is 11.8 Å². The molecule has 0 atom stereocenters. The number of aromatic nitrogens is 6. The van der Waals surface area contributed by atoms with Crippen molar-refractivity contribution in [1.82, 2.24) is 29.7 Å². The van der Waals surface area contributed by atoms with E-state index in [1.165, 1.54) is 12.8 Å². The fourth-order valence-electron chi connectivity index (χ4n) is 3.41. The van der Waals surface area contributed by atoms with E-state index in [-0.39, 0.29) is 0 Å². The minimum absolute atomic E-state index is 0.349. The fraction of sp³-hybridized carbons (Fsp3) is 0.562. The van der Waals surface area contributed by atoms with Gasteiger partial charge in [-0.25, -0.2) is 15.0 Å². The van der Waals surface area contributed by atoms with Gasteiger partial charge in [0.05, 0.1) is 6.33 Å². The SMILES string of the molecule is Cn1cnc2c(N3CCC(c4nnc(C5CC5)o4)CC3)ncnc21. The Bertz CT molecular complexity index is 874. The minimum Gasteiger partial charge on any atom is -0.425 e. The molecule has 1 saturated heterocycles. The lowest BCUT2D eigenvalue weighted by molar-refractivity contribution is 0.375. The molecule has 0 aromatic carbocycles. The van der Waals surface area contributed by atoms with Crippen LogP contribution >= 0.6 is 0 Å². The maximum absolute atomic E-state index is 5.88. The number of rotatable bonds is 3. The Kier molecular flexibility index (Phi) is 3.04. The van der Waals surface area contributed by atoms with Crippen molar-refractivity contribution in [2.75, 3.05) is 18.0 Å². The summed E-state index contributed by atoms with van der Waals surface area (Å²) in [7, 11) is 1.95. The van der Waals surface area contributed by atoms with Crippen LogP contribution in [-0.2, 0) is 7.05 Å². The van der Waals surface area contributed by atoms with Gasteiger partial charge in [0.15, 0.2) is 17.0 Å². The predicted molar refractivity (Wildman–Crippen MR) is 86.8 cm³/mol. The Morgan fingerprint density at radius 3 is 2.38 bits per heavy atom. The highest BCUT2D eigenvalue weighted by Crippen LogP contribution is 2.40. The Hall–Kier alpha value is -2.51. The summed E-state index contributed by atoms with van der Waals surface area (Å²) in [6.45, 7) is 1.82. The zero-order chi connectivity index (χ0) is 16.1. The number of hydrogen-bond donors (Lipinski definition) is 0. The van der Waals surface area contributed by atoms with E-state index in [0.717, 1.165) is 54.7 Å². The average Bonchev–Trinajstić information content (AvgIpc) is 3.24. The molecule has 1 aliphatic heterocycles. The van der Waals surface area contributed by atoms with Crippen LogP contribution in [0.5, 0.6) is 0 Å². The van der Waals surface area contributed by atoms with Crippen molar-refractivity contribution in [2.45, 2.75) is 37.5 Å². The summed E-state index contributed by atoms with van der Waals surface area (Å²) < 4.78 is 7.80. The summed E-state index contributed by atoms with van der Waals surface area (Å²) in [5.41, 5.74) is 1.74. The van der Waals surface area contributed by atoms with E-state index in [4.69, 9.17) is 4.42 Å². The van der Waals surface area contributed by atoms with Gasteiger partial charge in [0, 0.05) is 32.0 Å². The van der Waals surface area contributed by atoms with Gasteiger partial charge in [-0.15, -0.1) is 10.2 Å². The standard InChI is InChI=1S/C16H19N7O/c1-22-9-19-12-13(22)17-8-18-14(12)23-6-4-11(5-7-23)16-21-20-15(24-16)10-2-3-10/h8-11H,2-7H2,1H3. The molecule has 4 heterocycles. The quantitative estimate of drug-likeness (QED) is 0.728. The zero-order valence-corrected chi connectivity index (χ0v) is 13.6. The number of anilines is 1. The van der Waals surface area contributed by atoms with Crippen LogP contribution in [0.2, 0.25) is 0 Å². The van der Waals surface area contributed by atoms with Crippen LogP contribution in [0, 0.1) is 0 Å². The van der Waals surface area contributed by atoms with Crippen LogP contribution in [0.1, 0.15) is 49.3 Å². The van der Waals surface area contributed by atoms with Crippen molar-refractivity contribution in [2.24, 2.45) is 7.05 Å². The highest BCUT2D eigenvalue weighted by atomic mass is 16.4. The molecule has 24 heavy (non-hydrogen) atoms. The molecular formula is C16H19N7O. The zero-order valence-electron chi connectivity index (χ0n) is 13.6. The van der Waals surface area contributed by atoms with Crippen molar-refractivity contribution in [3.05, 3.63) is 24.4 Å². The molecule has 2 fully saturated rings. The molecule has 3 aromatic rings. The van der Waals surface area contributed by atoms with Gasteiger partial charge in [-0.3, -0.25) is 0 Å². The van der Waals surface area contributed by atoms with Crippen molar-refractivity contribution in [3.63, 3.8) is 0 Å². The molecule has 8 heteroatoms. The van der Waals surface area contributed by atoms with Crippen molar-refractivity contribution < 1.29 is 4.42 Å². The second kappa shape index (κ2) is 5.25. The monoisotopic (exact) mass is 325 g/mol. The first-order valence-corrected chi connectivity index (χ1v) is 8.50. The topological polar surface area (TPSA) is 85.8 Å². The van der Waals surface area contributed by atoms with Gasteiger partial charge in [-0.2, -0.15) is 0 Å². The minimum atomic E-state index is 0.349. The van der Waals surface area contributed by atoms with Gasteiger partial charge in [0.25, 0.3) is 0 Å². The Morgan fingerprint density at radius 2 is 1.67 bits per heavy atom. The highest BCUT2D eigenvalue weighted by Gasteiger charge is 2.32. The van der Waals surface area contributed by atoms with Gasteiger partial charge in [-0.1, -0.05) is 0 Å². The van der Waals surface area contributed by atoms with Crippen LogP contribution in [0.25, 0.3) is 11.2 Å². The fourth-order valence-corrected chi connectivity index (χ4v) is 3.41. The van der Waals surface area contributed by atoms with Crippen LogP contribution in [-0.4, -0.2) is 42.8 Å². The molecule has 2 aliphatic rings. The van der Waals surface area contributed by atoms with E-state index in [1.807, 2.05) is 11.6 Å². The largest absolute Gasteiger partial charge is 0.425 e. The van der Waals surface area contributed by atoms with Crippen molar-refractivity contribution >= 4 is 17.0 Å². The summed E-state index contributed by atoms with van der Waals surface area (Å²) in [6.07, 6.45) is 7.76. The molecule has 0 bridgehead atoms. The molecular weight excluding hydrogens is 306 g/mol. The van der Waals surface area contributed by atoms with Crippen LogP contribution in [0.4, 0.5) is 5.82 Å². The second-order valence-corrected chi connectivity index (χ2v) is 6.74. The molecule has 0 amide bonds. The summed E-state index contributed by atoms with van der Waals surface area (Å²) in [6, 6.07) is 0. The van der Waals surface area contributed by atoms with E-state index in [2.05, 4.69) is 30.0 Å². The highest BCUT2D eigenvalue weighted by molar-refractivity contribution is 5.83. The predicted octanol–water partition coefficient (Wildman–Crippen LogP) is 2.01. The molecule has 124 valence electrons. The number of aryl methyl sites for hydroxylation is 1. The number of imidazole rings is 1. The molecule has 3 aromatic heterocycles. The molecule has 0 N–H and O–H groups in total. The number of nitrogens with zero attached hydrogens (tertiary/aromatic N) is 7. The lowest BCUT2D eigenvalue weighted by Gasteiger charge is -2.31. The molecule has 1 saturated carbocycles. The Morgan fingerprint density at radius 1 is 0.958 bits per heavy atom. The van der Waals surface area contributed by atoms with E-state index in [9.17, 15) is 0 Å². The summed E-state index contributed by atoms with van der Waals surface area (Å²) >= 11 is 0. The maximum atomic E-state index is 5.88. The molecule has 0 spiro atoms. The molecule has 8 nitrogen and oxygen atoms in total. The lowest BCUT2D eigenvalue weighted by Crippen LogP contribution is -2.33. The Balaban J connectivity index is 1.33. The number of hydrogen-bond acceptors (Lipinski definition) is 7. The van der Waals surface area contributed by atoms with E-state index < -0.39 is 0 Å². The van der Waals surface area contributed by atoms with E-state index >= 15 is 0 Å². The van der Waals surface area contributed by atoms with Gasteiger partial charge in [-0.05, 0) is 25.7 Å². The van der Waals surface area contributed by atoms with Crippen molar-refractivity contribution in [3.8, 4) is 0 Å². The third-order valence-electron chi connectivity index (χ3n) is 5.00.